The lowest BCUT2D eigenvalue weighted by Crippen LogP contribution is -2.30. The number of benzene rings is 1. The van der Waals surface area contributed by atoms with Crippen molar-refractivity contribution in [3.63, 3.8) is 0 Å². The van der Waals surface area contributed by atoms with Crippen LogP contribution in [0.2, 0.25) is 5.28 Å². The maximum Gasteiger partial charge on any atom is 0.331 e. The van der Waals surface area contributed by atoms with E-state index < -0.39 is 22.3 Å². The summed E-state index contributed by atoms with van der Waals surface area (Å²) in [5, 5.41) is 10.6. The Morgan fingerprint density at radius 1 is 1.33 bits per heavy atom. The highest BCUT2D eigenvalue weighted by Crippen LogP contribution is 2.21. The zero-order valence-corrected chi connectivity index (χ0v) is 11.0. The molecule has 2 aromatic rings. The van der Waals surface area contributed by atoms with Gasteiger partial charge in [0.25, 0.3) is 5.91 Å². The minimum Gasteiger partial charge on any atom is -0.276 e. The van der Waals surface area contributed by atoms with Crippen LogP contribution >= 0.6 is 11.6 Å². The zero-order valence-electron chi connectivity index (χ0n) is 10.2. The first kappa shape index (κ1) is 14.6. The second kappa shape index (κ2) is 6.09. The fourth-order valence-corrected chi connectivity index (χ4v) is 1.50. The second-order valence-corrected chi connectivity index (χ2v) is 4.05. The zero-order chi connectivity index (χ0) is 15.4. The monoisotopic (exact) mass is 311 g/mol. The molecule has 0 saturated heterocycles. The van der Waals surface area contributed by atoms with Gasteiger partial charge in [-0.3, -0.25) is 25.8 Å². The highest BCUT2D eigenvalue weighted by Gasteiger charge is 2.17. The topological polar surface area (TPSA) is 110 Å². The van der Waals surface area contributed by atoms with Crippen molar-refractivity contribution in [2.45, 2.75) is 0 Å². The standard InChI is InChI=1S/C11H7ClFN5O3/c12-11-14-5-8(18(20)21)9(15-11)16-17-10(19)6-1-3-7(13)4-2-6/h1-5H,(H,17,19)(H,14,15,16). The van der Waals surface area contributed by atoms with E-state index in [1.54, 1.807) is 0 Å². The van der Waals surface area contributed by atoms with E-state index in [4.69, 9.17) is 11.6 Å². The number of rotatable bonds is 4. The number of hydrogen-bond donors (Lipinski definition) is 2. The Morgan fingerprint density at radius 2 is 2.00 bits per heavy atom. The molecule has 2 rings (SSSR count). The SMILES string of the molecule is O=C(NNc1nc(Cl)ncc1[N+](=O)[O-])c1ccc(F)cc1. The molecular formula is C11H7ClFN5O3. The number of halogens is 2. The van der Waals surface area contributed by atoms with Gasteiger partial charge >= 0.3 is 5.69 Å². The molecule has 2 N–H and O–H groups in total. The number of carbonyl (C=O) groups is 1. The van der Waals surface area contributed by atoms with Crippen molar-refractivity contribution in [2.75, 3.05) is 5.43 Å². The Labute approximate surface area is 122 Å². The maximum atomic E-state index is 12.7. The first-order chi connectivity index (χ1) is 9.97. The predicted octanol–water partition coefficient (Wildman–Crippen LogP) is 1.93. The van der Waals surface area contributed by atoms with E-state index in [-0.39, 0.29) is 16.7 Å². The van der Waals surface area contributed by atoms with Crippen LogP contribution in [-0.2, 0) is 0 Å². The number of hydrogen-bond acceptors (Lipinski definition) is 6. The summed E-state index contributed by atoms with van der Waals surface area (Å²) in [6.07, 6.45) is 0.904. The van der Waals surface area contributed by atoms with E-state index in [1.165, 1.54) is 12.1 Å². The first-order valence-corrected chi connectivity index (χ1v) is 5.84. The lowest BCUT2D eigenvalue weighted by Gasteiger charge is -2.08. The molecule has 0 atom stereocenters. The number of amides is 1. The van der Waals surface area contributed by atoms with Crippen LogP contribution in [0.15, 0.2) is 30.5 Å². The minimum atomic E-state index is -0.733. The van der Waals surface area contributed by atoms with E-state index in [9.17, 15) is 19.3 Å². The van der Waals surface area contributed by atoms with Crippen LogP contribution in [0.1, 0.15) is 10.4 Å². The predicted molar refractivity (Wildman–Crippen MR) is 71.2 cm³/mol. The molecular weight excluding hydrogens is 305 g/mol. The van der Waals surface area contributed by atoms with Crippen LogP contribution in [-0.4, -0.2) is 20.8 Å². The van der Waals surface area contributed by atoms with Crippen LogP contribution < -0.4 is 10.9 Å². The Hall–Kier alpha value is -2.81. The fourth-order valence-electron chi connectivity index (χ4n) is 1.37. The van der Waals surface area contributed by atoms with Crippen LogP contribution in [0.4, 0.5) is 15.9 Å². The number of hydrazine groups is 1. The summed E-state index contributed by atoms with van der Waals surface area (Å²) in [4.78, 5) is 28.9. The summed E-state index contributed by atoms with van der Waals surface area (Å²) in [6.45, 7) is 0. The quantitative estimate of drug-likeness (QED) is 0.507. The Kier molecular flexibility index (Phi) is 4.24. The van der Waals surface area contributed by atoms with E-state index in [0.717, 1.165) is 18.3 Å². The lowest BCUT2D eigenvalue weighted by atomic mass is 10.2. The number of nitro groups is 1. The van der Waals surface area contributed by atoms with Gasteiger partial charge < -0.3 is 0 Å². The van der Waals surface area contributed by atoms with Crippen molar-refractivity contribution in [1.82, 2.24) is 15.4 Å². The van der Waals surface area contributed by atoms with Crippen LogP contribution in [0.3, 0.4) is 0 Å². The normalized spacial score (nSPS) is 10.0. The number of nitrogens with zero attached hydrogens (tertiary/aromatic N) is 3. The molecule has 0 aliphatic rings. The van der Waals surface area contributed by atoms with E-state index >= 15 is 0 Å². The summed E-state index contributed by atoms with van der Waals surface area (Å²) in [7, 11) is 0. The molecule has 0 aliphatic carbocycles. The van der Waals surface area contributed by atoms with Gasteiger partial charge in [-0.2, -0.15) is 4.98 Å². The van der Waals surface area contributed by atoms with Crippen molar-refractivity contribution in [3.05, 3.63) is 57.2 Å². The molecule has 1 aromatic heterocycles. The molecule has 0 radical (unpaired) electrons. The molecule has 0 unspecified atom stereocenters. The van der Waals surface area contributed by atoms with Gasteiger partial charge in [0, 0.05) is 5.56 Å². The number of anilines is 1. The van der Waals surface area contributed by atoms with Gasteiger partial charge in [-0.25, -0.2) is 9.37 Å². The van der Waals surface area contributed by atoms with Crippen LogP contribution in [0.5, 0.6) is 0 Å². The third kappa shape index (κ3) is 3.60. The smallest absolute Gasteiger partial charge is 0.276 e. The molecule has 1 heterocycles. The Morgan fingerprint density at radius 3 is 2.62 bits per heavy atom. The number of carbonyl (C=O) groups excluding carboxylic acids is 1. The largest absolute Gasteiger partial charge is 0.331 e. The van der Waals surface area contributed by atoms with Crippen LogP contribution in [0, 0.1) is 15.9 Å². The molecule has 1 aromatic carbocycles. The molecule has 21 heavy (non-hydrogen) atoms. The van der Waals surface area contributed by atoms with Gasteiger partial charge in [0.2, 0.25) is 11.1 Å². The van der Waals surface area contributed by atoms with Crippen molar-refractivity contribution < 1.29 is 14.1 Å². The van der Waals surface area contributed by atoms with Gasteiger partial charge in [0.1, 0.15) is 12.0 Å². The highest BCUT2D eigenvalue weighted by atomic mass is 35.5. The van der Waals surface area contributed by atoms with E-state index in [2.05, 4.69) is 20.8 Å². The number of aromatic nitrogens is 2. The second-order valence-electron chi connectivity index (χ2n) is 3.72. The summed E-state index contributed by atoms with van der Waals surface area (Å²) in [5.74, 6) is -1.38. The molecule has 1 amide bonds. The third-order valence-electron chi connectivity index (χ3n) is 2.34. The average Bonchev–Trinajstić information content (AvgIpc) is 2.45. The Bertz CT molecular complexity index is 695. The van der Waals surface area contributed by atoms with Crippen molar-refractivity contribution in [2.24, 2.45) is 0 Å². The fraction of sp³-hybridized carbons (Fsp3) is 0. The molecule has 0 aliphatic heterocycles. The molecule has 0 fully saturated rings. The van der Waals surface area contributed by atoms with Gasteiger partial charge in [-0.1, -0.05) is 0 Å². The molecule has 0 bridgehead atoms. The summed E-state index contributed by atoms with van der Waals surface area (Å²) in [5.41, 5.74) is 4.17. The molecule has 0 saturated carbocycles. The van der Waals surface area contributed by atoms with Gasteiger partial charge in [-0.05, 0) is 35.9 Å². The van der Waals surface area contributed by atoms with E-state index in [0.29, 0.717) is 0 Å². The maximum absolute atomic E-state index is 12.7. The summed E-state index contributed by atoms with van der Waals surface area (Å²) in [6, 6.07) is 4.74. The molecule has 108 valence electrons. The van der Waals surface area contributed by atoms with Crippen molar-refractivity contribution in [1.29, 1.82) is 0 Å². The summed E-state index contributed by atoms with van der Waals surface area (Å²) >= 11 is 5.53. The highest BCUT2D eigenvalue weighted by molar-refractivity contribution is 6.28. The molecule has 8 nitrogen and oxygen atoms in total. The van der Waals surface area contributed by atoms with E-state index in [1.807, 2.05) is 0 Å². The first-order valence-electron chi connectivity index (χ1n) is 5.46. The molecule has 10 heteroatoms. The molecule has 0 spiro atoms. The summed E-state index contributed by atoms with van der Waals surface area (Å²) < 4.78 is 12.7. The van der Waals surface area contributed by atoms with Gasteiger partial charge in [-0.15, -0.1) is 0 Å². The van der Waals surface area contributed by atoms with Gasteiger partial charge in [0.05, 0.1) is 4.92 Å². The number of nitrogens with one attached hydrogen (secondary N) is 2. The lowest BCUT2D eigenvalue weighted by molar-refractivity contribution is -0.384. The third-order valence-corrected chi connectivity index (χ3v) is 2.52. The van der Waals surface area contributed by atoms with Gasteiger partial charge in [0.15, 0.2) is 0 Å². The van der Waals surface area contributed by atoms with Crippen molar-refractivity contribution >= 4 is 29.0 Å². The van der Waals surface area contributed by atoms with Crippen molar-refractivity contribution in [3.8, 4) is 0 Å². The minimum absolute atomic E-state index is 0.159. The average molecular weight is 312 g/mol. The van der Waals surface area contributed by atoms with Crippen LogP contribution in [0.25, 0.3) is 0 Å². The Balaban J connectivity index is 2.12.